The highest BCUT2D eigenvalue weighted by Gasteiger charge is 2.13. The Labute approximate surface area is 137 Å². The Bertz CT molecular complexity index is 880. The fraction of sp³-hybridized carbons (Fsp3) is 0.0625. The van der Waals surface area contributed by atoms with E-state index >= 15 is 0 Å². The molecule has 1 aromatic carbocycles. The van der Waals surface area contributed by atoms with Crippen molar-refractivity contribution >= 4 is 45.7 Å². The van der Waals surface area contributed by atoms with Gasteiger partial charge in [0, 0.05) is 22.8 Å². The van der Waals surface area contributed by atoms with Crippen LogP contribution in [0.3, 0.4) is 0 Å². The van der Waals surface area contributed by atoms with E-state index in [-0.39, 0.29) is 5.91 Å². The number of anilines is 1. The summed E-state index contributed by atoms with van der Waals surface area (Å²) < 4.78 is 0. The van der Waals surface area contributed by atoms with Crippen molar-refractivity contribution < 1.29 is 4.79 Å². The molecule has 0 bridgehead atoms. The van der Waals surface area contributed by atoms with E-state index in [9.17, 15) is 4.79 Å². The second-order valence-electron chi connectivity index (χ2n) is 4.77. The van der Waals surface area contributed by atoms with Gasteiger partial charge in [-0.1, -0.05) is 23.2 Å². The highest BCUT2D eigenvalue weighted by molar-refractivity contribution is 6.35. The minimum Gasteiger partial charge on any atom is -0.321 e. The Morgan fingerprint density at radius 3 is 2.82 bits per heavy atom. The summed E-state index contributed by atoms with van der Waals surface area (Å²) >= 11 is 12.0. The summed E-state index contributed by atoms with van der Waals surface area (Å²) in [7, 11) is 0. The van der Waals surface area contributed by atoms with Crippen LogP contribution in [0.25, 0.3) is 10.9 Å². The number of carbonyl (C=O) groups is 1. The largest absolute Gasteiger partial charge is 0.321 e. The predicted molar refractivity (Wildman–Crippen MR) is 88.7 cm³/mol. The number of benzene rings is 1. The Balaban J connectivity index is 1.98. The topological polar surface area (TPSA) is 54.9 Å². The zero-order chi connectivity index (χ0) is 15.7. The lowest BCUT2D eigenvalue weighted by molar-refractivity contribution is 0.102. The summed E-state index contributed by atoms with van der Waals surface area (Å²) in [5, 5.41) is 4.48. The number of hydrogen-bond donors (Lipinski definition) is 1. The smallest absolute Gasteiger partial charge is 0.257 e. The van der Waals surface area contributed by atoms with Crippen molar-refractivity contribution in [2.75, 3.05) is 5.32 Å². The fourth-order valence-corrected chi connectivity index (χ4v) is 2.46. The summed E-state index contributed by atoms with van der Waals surface area (Å²) in [6, 6.07) is 8.46. The third-order valence-corrected chi connectivity index (χ3v) is 3.79. The molecule has 0 aliphatic heterocycles. The van der Waals surface area contributed by atoms with E-state index in [4.69, 9.17) is 23.2 Å². The van der Waals surface area contributed by atoms with Crippen LogP contribution in [0, 0.1) is 6.92 Å². The first-order valence-corrected chi connectivity index (χ1v) is 7.28. The molecular weight excluding hydrogens is 321 g/mol. The molecule has 3 rings (SSSR count). The number of nitrogens with zero attached hydrogens (tertiary/aromatic N) is 2. The van der Waals surface area contributed by atoms with Gasteiger partial charge in [0.25, 0.3) is 5.91 Å². The zero-order valence-corrected chi connectivity index (χ0v) is 13.1. The number of halogens is 2. The van der Waals surface area contributed by atoms with Crippen LogP contribution in [0.2, 0.25) is 10.0 Å². The molecule has 0 saturated carbocycles. The van der Waals surface area contributed by atoms with Crippen LogP contribution in [-0.4, -0.2) is 15.9 Å². The lowest BCUT2D eigenvalue weighted by atomic mass is 10.1. The van der Waals surface area contributed by atoms with Gasteiger partial charge in [-0.05, 0) is 37.3 Å². The van der Waals surface area contributed by atoms with E-state index < -0.39 is 0 Å². The van der Waals surface area contributed by atoms with E-state index in [2.05, 4.69) is 15.3 Å². The van der Waals surface area contributed by atoms with Gasteiger partial charge in [0.15, 0.2) is 0 Å². The van der Waals surface area contributed by atoms with Crippen LogP contribution in [-0.2, 0) is 0 Å². The second-order valence-corrected chi connectivity index (χ2v) is 5.61. The number of amides is 1. The molecule has 0 spiro atoms. The van der Waals surface area contributed by atoms with Gasteiger partial charge in [-0.25, -0.2) is 0 Å². The lowest BCUT2D eigenvalue weighted by Crippen LogP contribution is -2.14. The average molecular weight is 332 g/mol. The van der Waals surface area contributed by atoms with Gasteiger partial charge in [0.05, 0.1) is 27.5 Å². The van der Waals surface area contributed by atoms with E-state index in [0.29, 0.717) is 27.0 Å². The number of carbonyl (C=O) groups excluding carboxylic acids is 1. The first kappa shape index (κ1) is 14.8. The average Bonchev–Trinajstić information content (AvgIpc) is 2.50. The fourth-order valence-electron chi connectivity index (χ4n) is 2.13. The van der Waals surface area contributed by atoms with Crippen molar-refractivity contribution in [1.82, 2.24) is 9.97 Å². The van der Waals surface area contributed by atoms with Crippen LogP contribution < -0.4 is 5.32 Å². The van der Waals surface area contributed by atoms with Gasteiger partial charge in [-0.2, -0.15) is 0 Å². The Morgan fingerprint density at radius 1 is 1.18 bits per heavy atom. The molecule has 1 amide bonds. The van der Waals surface area contributed by atoms with Crippen LogP contribution in [0.4, 0.5) is 5.69 Å². The third kappa shape index (κ3) is 2.89. The van der Waals surface area contributed by atoms with Gasteiger partial charge >= 0.3 is 0 Å². The second kappa shape index (κ2) is 5.91. The van der Waals surface area contributed by atoms with Crippen LogP contribution >= 0.6 is 23.2 Å². The Morgan fingerprint density at radius 2 is 2.00 bits per heavy atom. The maximum Gasteiger partial charge on any atom is 0.257 e. The molecule has 4 nitrogen and oxygen atoms in total. The summed E-state index contributed by atoms with van der Waals surface area (Å²) in [5.41, 5.74) is 2.36. The van der Waals surface area contributed by atoms with Crippen molar-refractivity contribution in [3.63, 3.8) is 0 Å². The summed E-state index contributed by atoms with van der Waals surface area (Å²) in [4.78, 5) is 20.9. The number of pyridine rings is 2. The summed E-state index contributed by atoms with van der Waals surface area (Å²) in [6.07, 6.45) is 3.34. The highest BCUT2D eigenvalue weighted by atomic mass is 35.5. The van der Waals surface area contributed by atoms with Crippen molar-refractivity contribution in [3.8, 4) is 0 Å². The molecule has 3 aromatic rings. The lowest BCUT2D eigenvalue weighted by Gasteiger charge is -2.10. The van der Waals surface area contributed by atoms with Crippen molar-refractivity contribution in [2.45, 2.75) is 6.92 Å². The summed E-state index contributed by atoms with van der Waals surface area (Å²) in [5.74, 6) is -0.292. The molecule has 22 heavy (non-hydrogen) atoms. The quantitative estimate of drug-likeness (QED) is 0.752. The predicted octanol–water partition coefficient (Wildman–Crippen LogP) is 4.50. The molecule has 1 N–H and O–H groups in total. The molecule has 0 aliphatic carbocycles. The maximum absolute atomic E-state index is 12.5. The van der Waals surface area contributed by atoms with Gasteiger partial charge in [-0.15, -0.1) is 0 Å². The minimum absolute atomic E-state index is 0.292. The van der Waals surface area contributed by atoms with E-state index in [1.165, 1.54) is 0 Å². The normalized spacial score (nSPS) is 10.7. The molecular formula is C16H11Cl2N3O. The number of fused-ring (bicyclic) bond motifs is 1. The van der Waals surface area contributed by atoms with Gasteiger partial charge in [0.1, 0.15) is 0 Å². The van der Waals surface area contributed by atoms with E-state index in [0.717, 1.165) is 10.9 Å². The zero-order valence-electron chi connectivity index (χ0n) is 11.6. The van der Waals surface area contributed by atoms with E-state index in [1.807, 2.05) is 0 Å². The van der Waals surface area contributed by atoms with Crippen molar-refractivity contribution in [1.29, 1.82) is 0 Å². The minimum atomic E-state index is -0.292. The molecule has 0 saturated heterocycles. The molecule has 110 valence electrons. The molecule has 2 aromatic heterocycles. The monoisotopic (exact) mass is 331 g/mol. The van der Waals surface area contributed by atoms with Crippen LogP contribution in [0.5, 0.6) is 0 Å². The Hall–Kier alpha value is -2.17. The maximum atomic E-state index is 12.5. The first-order valence-electron chi connectivity index (χ1n) is 6.52. The van der Waals surface area contributed by atoms with Gasteiger partial charge in [-0.3, -0.25) is 14.8 Å². The standard InChI is InChI=1S/C16H11Cl2N3O/c1-9-12(6-10-8-19-5-4-14(10)20-9)16(22)21-15-7-11(17)2-3-13(15)18/h2-8H,1H3,(H,21,22). The van der Waals surface area contributed by atoms with E-state index in [1.54, 1.807) is 49.6 Å². The van der Waals surface area contributed by atoms with Crippen molar-refractivity contribution in [3.05, 3.63) is 64.0 Å². The van der Waals surface area contributed by atoms with Crippen LogP contribution in [0.15, 0.2) is 42.7 Å². The van der Waals surface area contributed by atoms with Gasteiger partial charge in [0.2, 0.25) is 0 Å². The number of rotatable bonds is 2. The molecule has 0 fully saturated rings. The third-order valence-electron chi connectivity index (χ3n) is 3.23. The number of hydrogen-bond acceptors (Lipinski definition) is 3. The molecule has 2 heterocycles. The Kier molecular flexibility index (Phi) is 3.96. The van der Waals surface area contributed by atoms with Crippen LogP contribution in [0.1, 0.15) is 16.1 Å². The first-order chi connectivity index (χ1) is 10.5. The SMILES string of the molecule is Cc1nc2ccncc2cc1C(=O)Nc1cc(Cl)ccc1Cl. The number of aryl methyl sites for hydroxylation is 1. The summed E-state index contributed by atoms with van der Waals surface area (Å²) in [6.45, 7) is 1.79. The number of aromatic nitrogens is 2. The molecule has 0 radical (unpaired) electrons. The van der Waals surface area contributed by atoms with Crippen molar-refractivity contribution in [2.24, 2.45) is 0 Å². The number of nitrogens with one attached hydrogen (secondary N) is 1. The molecule has 0 atom stereocenters. The highest BCUT2D eigenvalue weighted by Crippen LogP contribution is 2.26. The molecule has 0 unspecified atom stereocenters. The molecule has 6 heteroatoms. The molecule has 0 aliphatic rings. The van der Waals surface area contributed by atoms with Gasteiger partial charge < -0.3 is 5.32 Å².